The van der Waals surface area contributed by atoms with Gasteiger partial charge in [-0.05, 0) is 67.2 Å². The van der Waals surface area contributed by atoms with Gasteiger partial charge in [-0.2, -0.15) is 4.31 Å². The maximum atomic E-state index is 13.6. The molecule has 3 rings (SSSR count). The minimum atomic E-state index is -4.00. The first kappa shape index (κ1) is 27.6. The van der Waals surface area contributed by atoms with E-state index in [1.165, 1.54) is 22.5 Å². The van der Waals surface area contributed by atoms with E-state index in [1.807, 2.05) is 44.2 Å². The molecular formula is C25H34N4O6S. The average Bonchev–Trinajstić information content (AvgIpc) is 3.25. The Kier molecular flexibility index (Phi) is 8.70. The third-order valence-electron chi connectivity index (χ3n) is 5.29. The van der Waals surface area contributed by atoms with Crippen molar-refractivity contribution < 1.29 is 27.7 Å². The van der Waals surface area contributed by atoms with Crippen molar-refractivity contribution >= 4 is 27.1 Å². The highest BCUT2D eigenvalue weighted by Gasteiger charge is 2.32. The lowest BCUT2D eigenvalue weighted by Gasteiger charge is -2.31. The highest BCUT2D eigenvalue weighted by Crippen LogP contribution is 2.22. The molecule has 0 fully saturated rings. The van der Waals surface area contributed by atoms with E-state index >= 15 is 0 Å². The first-order valence-corrected chi connectivity index (χ1v) is 13.2. The number of aliphatic hydroxyl groups is 1. The average molecular weight is 519 g/mol. The van der Waals surface area contributed by atoms with Gasteiger partial charge in [0.2, 0.25) is 10.0 Å². The Labute approximate surface area is 211 Å². The number of rotatable bonds is 10. The summed E-state index contributed by atoms with van der Waals surface area (Å²) >= 11 is 0. The molecule has 11 heteroatoms. The lowest BCUT2D eigenvalue weighted by molar-refractivity contribution is 0.0400. The highest BCUT2D eigenvalue weighted by atomic mass is 32.2. The fourth-order valence-corrected chi connectivity index (χ4v) is 5.34. The summed E-state index contributed by atoms with van der Waals surface area (Å²) in [5, 5.41) is 21.4. The zero-order valence-corrected chi connectivity index (χ0v) is 22.0. The molecule has 0 saturated heterocycles. The van der Waals surface area contributed by atoms with Crippen LogP contribution in [0.3, 0.4) is 0 Å². The van der Waals surface area contributed by atoms with Gasteiger partial charge in [0.15, 0.2) is 0 Å². The Morgan fingerprint density at radius 1 is 1.08 bits per heavy atom. The standard InChI is InChI=1S/C25H34N4O6S/c1-17(2)15-29(36(32,33)19-11-12-20-21(14-19)28-35-27-20)16-23(30)22(13-18-9-7-6-8-10-18)26-24(31)34-25(3,4)5/h6-12,14,17,22-23,30H,13,15-16H2,1-5H3,(H,26,31)/t22-,23+/m0/s1. The summed E-state index contributed by atoms with van der Waals surface area (Å²) < 4.78 is 38.5. The molecule has 36 heavy (non-hydrogen) atoms. The Bertz CT molecular complexity index is 1250. The fourth-order valence-electron chi connectivity index (χ4n) is 3.70. The minimum absolute atomic E-state index is 0.0123. The molecule has 0 aliphatic rings. The highest BCUT2D eigenvalue weighted by molar-refractivity contribution is 7.89. The molecule has 0 spiro atoms. The molecule has 2 aromatic carbocycles. The topological polar surface area (TPSA) is 135 Å². The van der Waals surface area contributed by atoms with Crippen LogP contribution in [-0.4, -0.2) is 65.1 Å². The summed E-state index contributed by atoms with van der Waals surface area (Å²) in [6, 6.07) is 12.9. The molecule has 2 atom stereocenters. The van der Waals surface area contributed by atoms with Crippen LogP contribution in [0.1, 0.15) is 40.2 Å². The summed E-state index contributed by atoms with van der Waals surface area (Å²) in [4.78, 5) is 12.6. The molecule has 0 aliphatic carbocycles. The van der Waals surface area contributed by atoms with Gasteiger partial charge in [-0.1, -0.05) is 44.2 Å². The zero-order valence-electron chi connectivity index (χ0n) is 21.2. The predicted molar refractivity (Wildman–Crippen MR) is 135 cm³/mol. The van der Waals surface area contributed by atoms with Crippen LogP contribution in [0.2, 0.25) is 0 Å². The Balaban J connectivity index is 1.87. The molecule has 0 unspecified atom stereocenters. The van der Waals surface area contributed by atoms with Gasteiger partial charge in [0.25, 0.3) is 0 Å². The van der Waals surface area contributed by atoms with Crippen LogP contribution in [-0.2, 0) is 21.2 Å². The van der Waals surface area contributed by atoms with Crippen LogP contribution in [0.4, 0.5) is 4.79 Å². The number of amides is 1. The van der Waals surface area contributed by atoms with Crippen molar-refractivity contribution in [1.82, 2.24) is 19.9 Å². The maximum absolute atomic E-state index is 13.6. The van der Waals surface area contributed by atoms with Gasteiger partial charge in [0.1, 0.15) is 16.6 Å². The third-order valence-corrected chi connectivity index (χ3v) is 7.12. The summed E-state index contributed by atoms with van der Waals surface area (Å²) in [6.45, 7) is 8.94. The van der Waals surface area contributed by atoms with Crippen molar-refractivity contribution in [2.75, 3.05) is 13.1 Å². The Hall–Kier alpha value is -3.02. The van der Waals surface area contributed by atoms with Crippen LogP contribution in [0, 0.1) is 5.92 Å². The van der Waals surface area contributed by atoms with E-state index in [9.17, 15) is 18.3 Å². The van der Waals surface area contributed by atoms with E-state index in [2.05, 4.69) is 20.3 Å². The predicted octanol–water partition coefficient (Wildman–Crippen LogP) is 3.37. The van der Waals surface area contributed by atoms with Crippen LogP contribution < -0.4 is 5.32 Å². The SMILES string of the molecule is CC(C)CN(C[C@@H](O)[C@H](Cc1ccccc1)NC(=O)OC(C)(C)C)S(=O)(=O)c1ccc2nonc2c1. The first-order valence-electron chi connectivity index (χ1n) is 11.8. The summed E-state index contributed by atoms with van der Waals surface area (Å²) in [5.74, 6) is -0.0178. The van der Waals surface area contributed by atoms with Gasteiger partial charge in [0.05, 0.1) is 17.0 Å². The molecule has 2 N–H and O–H groups in total. The molecule has 1 amide bonds. The monoisotopic (exact) mass is 518 g/mol. The number of benzene rings is 2. The second kappa shape index (κ2) is 11.4. The molecule has 3 aromatic rings. The number of alkyl carbamates (subject to hydrolysis) is 1. The molecule has 0 aliphatic heterocycles. The van der Waals surface area contributed by atoms with Crippen molar-refractivity contribution in [3.05, 3.63) is 54.1 Å². The van der Waals surface area contributed by atoms with Gasteiger partial charge in [-0.3, -0.25) is 0 Å². The summed E-state index contributed by atoms with van der Waals surface area (Å²) in [7, 11) is -4.00. The number of nitrogens with one attached hydrogen (secondary N) is 1. The molecule has 1 heterocycles. The van der Waals surface area contributed by atoms with Gasteiger partial charge in [-0.15, -0.1) is 0 Å². The van der Waals surface area contributed by atoms with E-state index in [4.69, 9.17) is 4.74 Å². The number of ether oxygens (including phenoxy) is 1. The summed E-state index contributed by atoms with van der Waals surface area (Å²) in [5.41, 5.74) is 0.900. The van der Waals surface area contributed by atoms with E-state index in [-0.39, 0.29) is 30.3 Å². The summed E-state index contributed by atoms with van der Waals surface area (Å²) in [6.07, 6.45) is -1.62. The van der Waals surface area contributed by atoms with Gasteiger partial charge < -0.3 is 15.2 Å². The first-order chi connectivity index (χ1) is 16.8. The lowest BCUT2D eigenvalue weighted by Crippen LogP contribution is -2.51. The van der Waals surface area contributed by atoms with Gasteiger partial charge in [0, 0.05) is 13.1 Å². The lowest BCUT2D eigenvalue weighted by atomic mass is 10.0. The van der Waals surface area contributed by atoms with E-state index in [0.29, 0.717) is 11.0 Å². The number of carbonyl (C=O) groups is 1. The zero-order chi connectivity index (χ0) is 26.5. The number of aromatic nitrogens is 2. The van der Waals surface area contributed by atoms with E-state index < -0.39 is 33.9 Å². The normalized spacial score (nSPS) is 14.2. The number of hydrogen-bond acceptors (Lipinski definition) is 8. The smallest absolute Gasteiger partial charge is 0.407 e. The number of fused-ring (bicyclic) bond motifs is 1. The number of aliphatic hydroxyl groups excluding tert-OH is 1. The molecule has 1 aromatic heterocycles. The second-order valence-electron chi connectivity index (χ2n) is 10.1. The maximum Gasteiger partial charge on any atom is 0.407 e. The Morgan fingerprint density at radius 3 is 2.39 bits per heavy atom. The number of carbonyl (C=O) groups excluding carboxylic acids is 1. The third kappa shape index (κ3) is 7.49. The van der Waals surface area contributed by atoms with Crippen molar-refractivity contribution in [3.63, 3.8) is 0 Å². The van der Waals surface area contributed by atoms with Crippen LogP contribution in [0.25, 0.3) is 11.0 Å². The number of sulfonamides is 1. The van der Waals surface area contributed by atoms with Gasteiger partial charge >= 0.3 is 6.09 Å². The fraction of sp³-hybridized carbons (Fsp3) is 0.480. The quantitative estimate of drug-likeness (QED) is 0.417. The van der Waals surface area contributed by atoms with Crippen LogP contribution >= 0.6 is 0 Å². The van der Waals surface area contributed by atoms with Crippen molar-refractivity contribution in [2.45, 2.75) is 63.7 Å². The molecule has 10 nitrogen and oxygen atoms in total. The largest absolute Gasteiger partial charge is 0.444 e. The van der Waals surface area contributed by atoms with Crippen LogP contribution in [0.15, 0.2) is 58.1 Å². The van der Waals surface area contributed by atoms with Crippen LogP contribution in [0.5, 0.6) is 0 Å². The van der Waals surface area contributed by atoms with Crippen molar-refractivity contribution in [3.8, 4) is 0 Å². The van der Waals surface area contributed by atoms with Crippen molar-refractivity contribution in [1.29, 1.82) is 0 Å². The molecule has 0 saturated carbocycles. The van der Waals surface area contributed by atoms with Gasteiger partial charge in [-0.25, -0.2) is 17.8 Å². The molecule has 0 radical (unpaired) electrons. The number of hydrogen-bond donors (Lipinski definition) is 2. The second-order valence-corrected chi connectivity index (χ2v) is 12.1. The number of nitrogens with zero attached hydrogens (tertiary/aromatic N) is 3. The minimum Gasteiger partial charge on any atom is -0.444 e. The molecular weight excluding hydrogens is 484 g/mol. The van der Waals surface area contributed by atoms with E-state index in [0.717, 1.165) is 5.56 Å². The molecule has 196 valence electrons. The van der Waals surface area contributed by atoms with E-state index in [1.54, 1.807) is 20.8 Å². The Morgan fingerprint density at radius 2 is 1.75 bits per heavy atom. The molecule has 0 bridgehead atoms. The van der Waals surface area contributed by atoms with Crippen molar-refractivity contribution in [2.24, 2.45) is 5.92 Å².